The summed E-state index contributed by atoms with van der Waals surface area (Å²) in [5.74, 6) is -0.185. The zero-order valence-electron chi connectivity index (χ0n) is 10.9. The predicted octanol–water partition coefficient (Wildman–Crippen LogP) is 0.307. The Balaban J connectivity index is 2.18. The molecule has 2 aromatic rings. The molecule has 1 aromatic heterocycles. The van der Waals surface area contributed by atoms with E-state index < -0.39 is 15.9 Å². The fourth-order valence-corrected chi connectivity index (χ4v) is 2.34. The Morgan fingerprint density at radius 2 is 1.90 bits per heavy atom. The molecule has 0 radical (unpaired) electrons. The van der Waals surface area contributed by atoms with Crippen LogP contribution in [0.2, 0.25) is 0 Å². The first-order chi connectivity index (χ1) is 9.41. The summed E-state index contributed by atoms with van der Waals surface area (Å²) < 4.78 is 24.9. The molecule has 0 aliphatic carbocycles. The third-order valence-corrected chi connectivity index (χ3v) is 4.37. The largest absolute Gasteiger partial charge is 0.291 e. The van der Waals surface area contributed by atoms with Gasteiger partial charge in [0.25, 0.3) is 5.91 Å². The highest BCUT2D eigenvalue weighted by Crippen LogP contribution is 2.14. The zero-order chi connectivity index (χ0) is 14.8. The van der Waals surface area contributed by atoms with Crippen LogP contribution in [0.5, 0.6) is 0 Å². The van der Waals surface area contributed by atoms with Gasteiger partial charge in [-0.15, -0.1) is 0 Å². The lowest BCUT2D eigenvalue weighted by molar-refractivity contribution is 0.102. The van der Waals surface area contributed by atoms with Crippen LogP contribution in [0.25, 0.3) is 0 Å². The third-order valence-electron chi connectivity index (χ3n) is 2.54. The summed E-state index contributed by atoms with van der Waals surface area (Å²) in [7, 11) is -0.608. The fourth-order valence-electron chi connectivity index (χ4n) is 1.43. The number of amides is 1. The van der Waals surface area contributed by atoms with E-state index in [1.165, 1.54) is 44.7 Å². The Bertz CT molecular complexity index is 692. The molecule has 0 fully saturated rings. The molecule has 0 aliphatic heterocycles. The second-order valence-electron chi connectivity index (χ2n) is 4.10. The normalized spacial score (nSPS) is 11.6. The number of sulfonamides is 1. The highest BCUT2D eigenvalue weighted by atomic mass is 32.2. The van der Waals surface area contributed by atoms with Crippen molar-refractivity contribution in [1.29, 1.82) is 0 Å². The number of aromatic nitrogens is 3. The van der Waals surface area contributed by atoms with Gasteiger partial charge in [-0.3, -0.25) is 10.1 Å². The molecular formula is C11H13N5O3S. The number of hydrogen-bond donors (Lipinski definition) is 2. The zero-order valence-corrected chi connectivity index (χ0v) is 11.7. The van der Waals surface area contributed by atoms with Crippen molar-refractivity contribution >= 4 is 21.9 Å². The molecule has 0 unspecified atom stereocenters. The van der Waals surface area contributed by atoms with Crippen LogP contribution in [0.3, 0.4) is 0 Å². The van der Waals surface area contributed by atoms with Crippen molar-refractivity contribution in [3.05, 3.63) is 36.2 Å². The van der Waals surface area contributed by atoms with Crippen LogP contribution in [0.4, 0.5) is 5.95 Å². The lowest BCUT2D eigenvalue weighted by Crippen LogP contribution is -2.22. The number of carbonyl (C=O) groups is 1. The highest BCUT2D eigenvalue weighted by Gasteiger charge is 2.17. The Kier molecular flexibility index (Phi) is 3.81. The van der Waals surface area contributed by atoms with Crippen LogP contribution in [0.1, 0.15) is 10.4 Å². The van der Waals surface area contributed by atoms with Gasteiger partial charge in [-0.2, -0.15) is 10.1 Å². The number of benzene rings is 1. The van der Waals surface area contributed by atoms with Gasteiger partial charge in [0, 0.05) is 19.7 Å². The monoisotopic (exact) mass is 295 g/mol. The second kappa shape index (κ2) is 5.39. The van der Waals surface area contributed by atoms with E-state index in [2.05, 4.69) is 20.5 Å². The first-order valence-corrected chi connectivity index (χ1v) is 7.04. The topological polar surface area (TPSA) is 108 Å². The molecule has 2 N–H and O–H groups in total. The Labute approximate surface area is 115 Å². The summed E-state index contributed by atoms with van der Waals surface area (Å²) in [6.45, 7) is 0. The predicted molar refractivity (Wildman–Crippen MR) is 71.7 cm³/mol. The van der Waals surface area contributed by atoms with Gasteiger partial charge in [0.05, 0.1) is 4.90 Å². The Morgan fingerprint density at radius 3 is 2.40 bits per heavy atom. The van der Waals surface area contributed by atoms with E-state index in [0.717, 1.165) is 4.31 Å². The molecule has 0 aliphatic rings. The van der Waals surface area contributed by atoms with Gasteiger partial charge in [0.1, 0.15) is 6.33 Å². The molecule has 0 saturated heterocycles. The second-order valence-corrected chi connectivity index (χ2v) is 6.25. The molecule has 0 atom stereocenters. The Hall–Kier alpha value is -2.26. The van der Waals surface area contributed by atoms with E-state index in [4.69, 9.17) is 0 Å². The molecule has 20 heavy (non-hydrogen) atoms. The van der Waals surface area contributed by atoms with Crippen molar-refractivity contribution in [3.63, 3.8) is 0 Å². The van der Waals surface area contributed by atoms with Gasteiger partial charge in [-0.1, -0.05) is 0 Å². The fraction of sp³-hybridized carbons (Fsp3) is 0.182. The summed E-state index contributed by atoms with van der Waals surface area (Å²) in [4.78, 5) is 15.7. The van der Waals surface area contributed by atoms with Crippen LogP contribution in [0.15, 0.2) is 35.5 Å². The molecule has 0 bridgehead atoms. The number of anilines is 1. The average Bonchev–Trinajstić information content (AvgIpc) is 2.91. The highest BCUT2D eigenvalue weighted by molar-refractivity contribution is 7.89. The summed E-state index contributed by atoms with van der Waals surface area (Å²) in [6.07, 6.45) is 1.27. The standard InChI is InChI=1S/C11H13N5O3S/c1-16(2)20(18,19)9-5-3-8(4-6-9)10(17)14-11-12-7-13-15-11/h3-7H,1-2H3,(H2,12,13,14,15,17). The number of hydrogen-bond acceptors (Lipinski definition) is 5. The molecule has 0 saturated carbocycles. The van der Waals surface area contributed by atoms with Crippen molar-refractivity contribution in [1.82, 2.24) is 19.5 Å². The van der Waals surface area contributed by atoms with Crippen molar-refractivity contribution in [2.24, 2.45) is 0 Å². The minimum atomic E-state index is -3.50. The summed E-state index contributed by atoms with van der Waals surface area (Å²) in [5.41, 5.74) is 0.319. The Morgan fingerprint density at radius 1 is 1.25 bits per heavy atom. The van der Waals surface area contributed by atoms with Crippen LogP contribution < -0.4 is 5.32 Å². The first-order valence-electron chi connectivity index (χ1n) is 5.60. The molecule has 106 valence electrons. The molecule has 8 nitrogen and oxygen atoms in total. The third kappa shape index (κ3) is 2.83. The molecule has 2 rings (SSSR count). The van der Waals surface area contributed by atoms with Gasteiger partial charge in [0.15, 0.2) is 0 Å². The molecule has 1 amide bonds. The lowest BCUT2D eigenvalue weighted by atomic mass is 10.2. The number of rotatable bonds is 4. The quantitative estimate of drug-likeness (QED) is 0.843. The van der Waals surface area contributed by atoms with Crippen molar-refractivity contribution in [3.8, 4) is 0 Å². The summed E-state index contributed by atoms with van der Waals surface area (Å²) in [5, 5.41) is 8.58. The van der Waals surface area contributed by atoms with E-state index in [0.29, 0.717) is 5.56 Å². The summed E-state index contributed by atoms with van der Waals surface area (Å²) in [6, 6.07) is 5.62. The molecule has 0 spiro atoms. The van der Waals surface area contributed by atoms with Gasteiger partial charge in [-0.25, -0.2) is 17.8 Å². The van der Waals surface area contributed by atoms with Crippen molar-refractivity contribution in [2.75, 3.05) is 19.4 Å². The first kappa shape index (κ1) is 14.2. The maximum Gasteiger partial charge on any atom is 0.258 e. The number of carbonyl (C=O) groups excluding carboxylic acids is 1. The van der Waals surface area contributed by atoms with Crippen LogP contribution in [-0.4, -0.2) is 47.9 Å². The van der Waals surface area contributed by atoms with Crippen LogP contribution in [-0.2, 0) is 10.0 Å². The van der Waals surface area contributed by atoms with E-state index in [-0.39, 0.29) is 10.8 Å². The smallest absolute Gasteiger partial charge is 0.258 e. The minimum Gasteiger partial charge on any atom is -0.291 e. The van der Waals surface area contributed by atoms with Crippen LogP contribution >= 0.6 is 0 Å². The van der Waals surface area contributed by atoms with E-state index in [1.807, 2.05) is 0 Å². The van der Waals surface area contributed by atoms with E-state index in [9.17, 15) is 13.2 Å². The van der Waals surface area contributed by atoms with Crippen molar-refractivity contribution < 1.29 is 13.2 Å². The maximum absolute atomic E-state index is 11.9. The minimum absolute atomic E-state index is 0.124. The number of nitrogens with zero attached hydrogens (tertiary/aromatic N) is 3. The molecule has 9 heteroatoms. The lowest BCUT2D eigenvalue weighted by Gasteiger charge is -2.11. The van der Waals surface area contributed by atoms with Gasteiger partial charge in [-0.05, 0) is 24.3 Å². The SMILES string of the molecule is CN(C)S(=O)(=O)c1ccc(C(=O)Nc2ncn[nH]2)cc1. The molecule has 1 heterocycles. The van der Waals surface area contributed by atoms with E-state index >= 15 is 0 Å². The van der Waals surface area contributed by atoms with Gasteiger partial charge < -0.3 is 0 Å². The van der Waals surface area contributed by atoms with Gasteiger partial charge in [0.2, 0.25) is 16.0 Å². The van der Waals surface area contributed by atoms with E-state index in [1.54, 1.807) is 0 Å². The molecular weight excluding hydrogens is 282 g/mol. The molecule has 1 aromatic carbocycles. The number of nitrogens with one attached hydrogen (secondary N) is 2. The van der Waals surface area contributed by atoms with Crippen LogP contribution in [0, 0.1) is 0 Å². The number of H-pyrrole nitrogens is 1. The van der Waals surface area contributed by atoms with Crippen molar-refractivity contribution in [2.45, 2.75) is 4.90 Å². The maximum atomic E-state index is 11.9. The number of aromatic amines is 1. The summed E-state index contributed by atoms with van der Waals surface area (Å²) >= 11 is 0. The average molecular weight is 295 g/mol. The van der Waals surface area contributed by atoms with Gasteiger partial charge >= 0.3 is 0 Å².